The van der Waals surface area contributed by atoms with E-state index in [4.69, 9.17) is 10.00 Å². The summed E-state index contributed by atoms with van der Waals surface area (Å²) >= 11 is 0. The fourth-order valence-electron chi connectivity index (χ4n) is 1.62. The van der Waals surface area contributed by atoms with Crippen molar-refractivity contribution in [2.45, 2.75) is 39.3 Å². The summed E-state index contributed by atoms with van der Waals surface area (Å²) in [5.41, 5.74) is -0.365. The molecule has 0 heterocycles. The summed E-state index contributed by atoms with van der Waals surface area (Å²) in [6, 6.07) is 9.91. The third kappa shape index (κ3) is 4.55. The molecule has 0 aliphatic rings. The van der Waals surface area contributed by atoms with Crippen LogP contribution in [0.25, 0.3) is 0 Å². The van der Waals surface area contributed by atoms with Gasteiger partial charge >= 0.3 is 5.97 Å². The summed E-state index contributed by atoms with van der Waals surface area (Å²) in [5, 5.41) is 20.5. The summed E-state index contributed by atoms with van der Waals surface area (Å²) in [6.45, 7) is 6.69. The zero-order chi connectivity index (χ0) is 17.6. The lowest BCUT2D eigenvalue weighted by Gasteiger charge is -2.28. The lowest BCUT2D eigenvalue weighted by atomic mass is 9.90. The molecule has 0 spiro atoms. The molecule has 6 nitrogen and oxygen atoms in total. The molecular formula is C17H19N3O3. The smallest absolute Gasteiger partial charge is 0.338 e. The number of amides is 1. The standard InChI is InChI=1S/C17H19N3O3/c1-11(2)17(4,10-19)20-15(21)12(3)23-16(22)14-7-5-13(9-18)6-8-14/h5-8,11-12H,1-4H3,(H,20,21)/t12-,17-/m1/s1. The van der Waals surface area contributed by atoms with Gasteiger partial charge in [0, 0.05) is 0 Å². The largest absolute Gasteiger partial charge is 0.449 e. The fraction of sp³-hybridized carbons (Fsp3) is 0.412. The van der Waals surface area contributed by atoms with Gasteiger partial charge in [0.05, 0.1) is 23.3 Å². The topological polar surface area (TPSA) is 103 Å². The van der Waals surface area contributed by atoms with Gasteiger partial charge in [-0.1, -0.05) is 13.8 Å². The zero-order valence-electron chi connectivity index (χ0n) is 13.6. The number of ether oxygens (including phenoxy) is 1. The summed E-state index contributed by atoms with van der Waals surface area (Å²) in [6.07, 6.45) is -1.04. The third-order valence-corrected chi connectivity index (χ3v) is 3.67. The second kappa shape index (κ2) is 7.42. The number of nitriles is 2. The van der Waals surface area contributed by atoms with Crippen molar-refractivity contribution in [3.05, 3.63) is 35.4 Å². The number of rotatable bonds is 5. The summed E-state index contributed by atoms with van der Waals surface area (Å²) in [7, 11) is 0. The molecule has 120 valence electrons. The van der Waals surface area contributed by atoms with Crippen LogP contribution in [0.1, 0.15) is 43.6 Å². The predicted molar refractivity (Wildman–Crippen MR) is 83.0 cm³/mol. The minimum atomic E-state index is -1.04. The maximum Gasteiger partial charge on any atom is 0.338 e. The molecule has 0 aliphatic heterocycles. The first-order chi connectivity index (χ1) is 10.7. The highest BCUT2D eigenvalue weighted by molar-refractivity contribution is 5.92. The van der Waals surface area contributed by atoms with Gasteiger partial charge in [-0.3, -0.25) is 4.79 Å². The summed E-state index contributed by atoms with van der Waals surface area (Å²) < 4.78 is 5.10. The molecule has 23 heavy (non-hydrogen) atoms. The normalized spacial score (nSPS) is 14.0. The van der Waals surface area contributed by atoms with Crippen LogP contribution in [0.5, 0.6) is 0 Å². The van der Waals surface area contributed by atoms with Crippen molar-refractivity contribution in [2.75, 3.05) is 0 Å². The van der Waals surface area contributed by atoms with E-state index in [2.05, 4.69) is 11.4 Å². The van der Waals surface area contributed by atoms with E-state index in [1.54, 1.807) is 6.92 Å². The van der Waals surface area contributed by atoms with Gasteiger partial charge in [-0.2, -0.15) is 10.5 Å². The Balaban J connectivity index is 2.73. The highest BCUT2D eigenvalue weighted by atomic mass is 16.5. The van der Waals surface area contributed by atoms with Crippen LogP contribution >= 0.6 is 0 Å². The van der Waals surface area contributed by atoms with E-state index in [0.29, 0.717) is 5.56 Å². The van der Waals surface area contributed by atoms with Gasteiger partial charge in [0.2, 0.25) is 0 Å². The number of nitrogens with one attached hydrogen (secondary N) is 1. The van der Waals surface area contributed by atoms with E-state index in [0.717, 1.165) is 0 Å². The molecule has 1 aromatic rings. The molecular weight excluding hydrogens is 294 g/mol. The van der Waals surface area contributed by atoms with E-state index in [1.807, 2.05) is 19.9 Å². The van der Waals surface area contributed by atoms with Crippen LogP contribution in [0, 0.1) is 28.6 Å². The van der Waals surface area contributed by atoms with Crippen molar-refractivity contribution in [2.24, 2.45) is 5.92 Å². The lowest BCUT2D eigenvalue weighted by molar-refractivity contribution is -0.130. The molecule has 0 saturated carbocycles. The first kappa shape index (κ1) is 18.2. The van der Waals surface area contributed by atoms with Gasteiger partial charge in [0.25, 0.3) is 5.91 Å². The van der Waals surface area contributed by atoms with Gasteiger partial charge in [-0.15, -0.1) is 0 Å². The number of nitrogens with zero attached hydrogens (tertiary/aromatic N) is 2. The minimum Gasteiger partial charge on any atom is -0.449 e. The average molecular weight is 313 g/mol. The van der Waals surface area contributed by atoms with Crippen molar-refractivity contribution >= 4 is 11.9 Å². The Kier molecular flexibility index (Phi) is 5.87. The first-order valence-corrected chi connectivity index (χ1v) is 7.18. The summed E-state index contributed by atoms with van der Waals surface area (Å²) in [4.78, 5) is 24.1. The fourth-order valence-corrected chi connectivity index (χ4v) is 1.62. The maximum absolute atomic E-state index is 12.1. The molecule has 0 aliphatic carbocycles. The monoisotopic (exact) mass is 313 g/mol. The molecule has 0 aromatic heterocycles. The highest BCUT2D eigenvalue weighted by Crippen LogP contribution is 2.16. The van der Waals surface area contributed by atoms with Crippen molar-refractivity contribution in [3.8, 4) is 12.1 Å². The van der Waals surface area contributed by atoms with Crippen LogP contribution in [0.3, 0.4) is 0 Å². The van der Waals surface area contributed by atoms with Crippen LogP contribution in [-0.4, -0.2) is 23.5 Å². The molecule has 1 amide bonds. The Bertz CT molecular complexity index is 668. The van der Waals surface area contributed by atoms with E-state index < -0.39 is 23.5 Å². The Morgan fingerprint density at radius 2 is 1.74 bits per heavy atom. The van der Waals surface area contributed by atoms with Crippen LogP contribution in [-0.2, 0) is 9.53 Å². The van der Waals surface area contributed by atoms with Crippen molar-refractivity contribution < 1.29 is 14.3 Å². The maximum atomic E-state index is 12.1. The van der Waals surface area contributed by atoms with Crippen LogP contribution in [0.4, 0.5) is 0 Å². The third-order valence-electron chi connectivity index (χ3n) is 3.67. The van der Waals surface area contributed by atoms with Crippen molar-refractivity contribution in [3.63, 3.8) is 0 Å². The molecule has 0 fully saturated rings. The minimum absolute atomic E-state index is 0.0992. The number of hydrogen-bond acceptors (Lipinski definition) is 5. The first-order valence-electron chi connectivity index (χ1n) is 7.18. The Morgan fingerprint density at radius 3 is 2.17 bits per heavy atom. The molecule has 0 bridgehead atoms. The lowest BCUT2D eigenvalue weighted by Crippen LogP contribution is -2.52. The average Bonchev–Trinajstić information content (AvgIpc) is 2.54. The molecule has 6 heteroatoms. The number of carbonyl (C=O) groups is 2. The highest BCUT2D eigenvalue weighted by Gasteiger charge is 2.32. The molecule has 1 aromatic carbocycles. The second-order valence-electron chi connectivity index (χ2n) is 5.69. The van der Waals surface area contributed by atoms with Gasteiger partial charge < -0.3 is 10.1 Å². The van der Waals surface area contributed by atoms with E-state index >= 15 is 0 Å². The Morgan fingerprint density at radius 1 is 1.17 bits per heavy atom. The van der Waals surface area contributed by atoms with Crippen molar-refractivity contribution in [1.29, 1.82) is 10.5 Å². The SMILES string of the molecule is CC(C)[C@@](C)(C#N)NC(=O)[C@@H](C)OC(=O)c1ccc(C#N)cc1. The van der Waals surface area contributed by atoms with Gasteiger partial charge in [0.1, 0.15) is 5.54 Å². The van der Waals surface area contributed by atoms with E-state index in [-0.39, 0.29) is 11.5 Å². The van der Waals surface area contributed by atoms with Gasteiger partial charge in [0.15, 0.2) is 6.10 Å². The second-order valence-corrected chi connectivity index (χ2v) is 5.69. The number of hydrogen-bond donors (Lipinski definition) is 1. The quantitative estimate of drug-likeness (QED) is 0.839. The van der Waals surface area contributed by atoms with E-state index in [9.17, 15) is 14.9 Å². The van der Waals surface area contributed by atoms with Gasteiger partial charge in [-0.25, -0.2) is 4.79 Å². The zero-order valence-corrected chi connectivity index (χ0v) is 13.6. The van der Waals surface area contributed by atoms with Crippen LogP contribution in [0.15, 0.2) is 24.3 Å². The Labute approximate surface area is 135 Å². The number of carbonyl (C=O) groups excluding carboxylic acids is 2. The molecule has 1 N–H and O–H groups in total. The summed E-state index contributed by atoms with van der Waals surface area (Å²) in [5.74, 6) is -1.30. The molecule has 1 rings (SSSR count). The van der Waals surface area contributed by atoms with E-state index in [1.165, 1.54) is 31.2 Å². The van der Waals surface area contributed by atoms with Gasteiger partial charge in [-0.05, 0) is 44.0 Å². The molecule has 0 unspecified atom stereocenters. The number of benzene rings is 1. The Hall–Kier alpha value is -2.86. The number of esters is 1. The predicted octanol–water partition coefficient (Wildman–Crippen LogP) is 2.16. The molecule has 0 radical (unpaired) electrons. The molecule has 2 atom stereocenters. The van der Waals surface area contributed by atoms with Crippen molar-refractivity contribution in [1.82, 2.24) is 5.32 Å². The van der Waals surface area contributed by atoms with Crippen LogP contribution < -0.4 is 5.32 Å². The molecule has 0 saturated heterocycles. The van der Waals surface area contributed by atoms with Crippen LogP contribution in [0.2, 0.25) is 0 Å².